The van der Waals surface area contributed by atoms with Crippen molar-refractivity contribution in [3.8, 4) is 0 Å². The molecule has 0 bridgehead atoms. The minimum absolute atomic E-state index is 0.118. The molecule has 0 spiro atoms. The van der Waals surface area contributed by atoms with Crippen molar-refractivity contribution in [3.05, 3.63) is 17.0 Å². The number of hydrogen-bond donors (Lipinski definition) is 1. The number of piperazine rings is 1. The molecule has 0 saturated carbocycles. The zero-order valence-electron chi connectivity index (χ0n) is 12.4. The molecule has 2 rings (SSSR count). The maximum Gasteiger partial charge on any atom is 0.257 e. The zero-order chi connectivity index (χ0) is 14.0. The molecule has 19 heavy (non-hydrogen) atoms. The van der Waals surface area contributed by atoms with E-state index in [0.717, 1.165) is 49.6 Å². The van der Waals surface area contributed by atoms with Crippen molar-refractivity contribution in [3.63, 3.8) is 0 Å². The van der Waals surface area contributed by atoms with Gasteiger partial charge in [-0.05, 0) is 27.2 Å². The highest BCUT2D eigenvalue weighted by Gasteiger charge is 2.26. The molecule has 1 aromatic rings. The zero-order valence-corrected chi connectivity index (χ0v) is 12.4. The third-order valence-corrected chi connectivity index (χ3v) is 4.16. The van der Waals surface area contributed by atoms with Crippen molar-refractivity contribution in [2.75, 3.05) is 26.2 Å². The maximum atomic E-state index is 12.5. The Morgan fingerprint density at radius 1 is 1.32 bits per heavy atom. The second-order valence-corrected chi connectivity index (χ2v) is 5.39. The van der Waals surface area contributed by atoms with Crippen LogP contribution in [0.1, 0.15) is 42.0 Å². The summed E-state index contributed by atoms with van der Waals surface area (Å²) in [6, 6.07) is 0.606. The summed E-state index contributed by atoms with van der Waals surface area (Å²) in [5.74, 6) is 0.118. The Morgan fingerprint density at radius 2 is 1.95 bits per heavy atom. The molecule has 1 N–H and O–H groups in total. The molecule has 5 heteroatoms. The molecule has 5 nitrogen and oxygen atoms in total. The number of hydrogen-bond acceptors (Lipinski definition) is 3. The van der Waals surface area contributed by atoms with Crippen molar-refractivity contribution < 1.29 is 4.79 Å². The first kappa shape index (κ1) is 14.1. The van der Waals surface area contributed by atoms with Crippen LogP contribution >= 0.6 is 0 Å². The molecule has 1 fully saturated rings. The SMILES string of the molecule is CCC(C)N1CCN(C(=O)c2c(C)n[nH]c2C)CC1. The van der Waals surface area contributed by atoms with E-state index in [4.69, 9.17) is 0 Å². The highest BCUT2D eigenvalue weighted by Crippen LogP contribution is 2.15. The fourth-order valence-electron chi connectivity index (χ4n) is 2.65. The van der Waals surface area contributed by atoms with Gasteiger partial charge in [-0.2, -0.15) is 5.10 Å². The molecular weight excluding hydrogens is 240 g/mol. The molecule has 0 radical (unpaired) electrons. The molecule has 0 aliphatic carbocycles. The average Bonchev–Trinajstić information content (AvgIpc) is 2.77. The Balaban J connectivity index is 2.00. The van der Waals surface area contributed by atoms with Gasteiger partial charge in [0.2, 0.25) is 0 Å². The summed E-state index contributed by atoms with van der Waals surface area (Å²) >= 11 is 0. The van der Waals surface area contributed by atoms with E-state index in [1.165, 1.54) is 0 Å². The third kappa shape index (κ3) is 2.81. The molecule has 106 valence electrons. The average molecular weight is 264 g/mol. The van der Waals surface area contributed by atoms with Gasteiger partial charge in [0, 0.05) is 37.9 Å². The number of amides is 1. The van der Waals surface area contributed by atoms with Crippen LogP contribution in [0.15, 0.2) is 0 Å². The van der Waals surface area contributed by atoms with Crippen LogP contribution in [-0.2, 0) is 0 Å². The van der Waals surface area contributed by atoms with Gasteiger partial charge in [0.15, 0.2) is 0 Å². The third-order valence-electron chi connectivity index (χ3n) is 4.16. The Hall–Kier alpha value is -1.36. The van der Waals surface area contributed by atoms with Crippen molar-refractivity contribution in [2.24, 2.45) is 0 Å². The van der Waals surface area contributed by atoms with Gasteiger partial charge in [0.25, 0.3) is 5.91 Å². The molecule has 2 heterocycles. The van der Waals surface area contributed by atoms with E-state index in [0.29, 0.717) is 6.04 Å². The van der Waals surface area contributed by atoms with E-state index in [1.54, 1.807) is 0 Å². The van der Waals surface area contributed by atoms with Gasteiger partial charge < -0.3 is 4.90 Å². The highest BCUT2D eigenvalue weighted by atomic mass is 16.2. The molecule has 1 unspecified atom stereocenters. The number of aromatic amines is 1. The first-order valence-electron chi connectivity index (χ1n) is 7.09. The predicted octanol–water partition coefficient (Wildman–Crippen LogP) is 1.58. The quantitative estimate of drug-likeness (QED) is 0.902. The topological polar surface area (TPSA) is 52.2 Å². The van der Waals surface area contributed by atoms with Crippen molar-refractivity contribution >= 4 is 5.91 Å². The Bertz CT molecular complexity index is 427. The lowest BCUT2D eigenvalue weighted by Gasteiger charge is -2.37. The number of nitrogens with zero attached hydrogens (tertiary/aromatic N) is 3. The Morgan fingerprint density at radius 3 is 2.42 bits per heavy atom. The van der Waals surface area contributed by atoms with Crippen molar-refractivity contribution in [1.82, 2.24) is 20.0 Å². The maximum absolute atomic E-state index is 12.5. The summed E-state index contributed by atoms with van der Waals surface area (Å²) in [6.07, 6.45) is 1.16. The van der Waals surface area contributed by atoms with Gasteiger partial charge in [-0.3, -0.25) is 14.8 Å². The van der Waals surface area contributed by atoms with Crippen LogP contribution in [-0.4, -0.2) is 58.1 Å². The lowest BCUT2D eigenvalue weighted by molar-refractivity contribution is 0.0578. The van der Waals surface area contributed by atoms with Crippen LogP contribution in [0.4, 0.5) is 0 Å². The molecular formula is C14H24N4O. The standard InChI is InChI=1S/C14H24N4O/c1-5-10(2)17-6-8-18(9-7-17)14(19)13-11(3)15-16-12(13)4/h10H,5-9H2,1-4H3,(H,15,16). The molecule has 1 aliphatic heterocycles. The van der Waals surface area contributed by atoms with Crippen molar-refractivity contribution in [1.29, 1.82) is 0 Å². The minimum Gasteiger partial charge on any atom is -0.336 e. The molecule has 1 aromatic heterocycles. The normalized spacial score (nSPS) is 18.6. The molecule has 1 saturated heterocycles. The number of carbonyl (C=O) groups is 1. The summed E-state index contributed by atoms with van der Waals surface area (Å²) in [5.41, 5.74) is 2.41. The first-order valence-corrected chi connectivity index (χ1v) is 7.09. The van der Waals surface area contributed by atoms with Crippen LogP contribution in [0, 0.1) is 13.8 Å². The van der Waals surface area contributed by atoms with Gasteiger partial charge >= 0.3 is 0 Å². The fraction of sp³-hybridized carbons (Fsp3) is 0.714. The minimum atomic E-state index is 0.118. The van der Waals surface area contributed by atoms with E-state index in [2.05, 4.69) is 28.9 Å². The Kier molecular flexibility index (Phi) is 4.24. The van der Waals surface area contributed by atoms with Crippen LogP contribution in [0.25, 0.3) is 0 Å². The number of rotatable bonds is 3. The number of aryl methyl sites for hydroxylation is 2. The highest BCUT2D eigenvalue weighted by molar-refractivity contribution is 5.96. The van der Waals surface area contributed by atoms with Gasteiger partial charge in [-0.1, -0.05) is 6.92 Å². The van der Waals surface area contributed by atoms with Crippen LogP contribution in [0.5, 0.6) is 0 Å². The summed E-state index contributed by atoms with van der Waals surface area (Å²) in [5, 5.41) is 6.99. The van der Waals surface area contributed by atoms with Gasteiger partial charge in [0.1, 0.15) is 0 Å². The van der Waals surface area contributed by atoms with Crippen LogP contribution in [0.3, 0.4) is 0 Å². The molecule has 1 atom stereocenters. The van der Waals surface area contributed by atoms with Crippen LogP contribution in [0.2, 0.25) is 0 Å². The number of carbonyl (C=O) groups excluding carboxylic acids is 1. The van der Waals surface area contributed by atoms with Crippen LogP contribution < -0.4 is 0 Å². The lowest BCUT2D eigenvalue weighted by Crippen LogP contribution is -2.51. The number of H-pyrrole nitrogens is 1. The van der Waals surface area contributed by atoms with E-state index in [9.17, 15) is 4.79 Å². The van der Waals surface area contributed by atoms with Gasteiger partial charge in [-0.25, -0.2) is 0 Å². The summed E-state index contributed by atoms with van der Waals surface area (Å²) in [7, 11) is 0. The van der Waals surface area contributed by atoms with Gasteiger partial charge in [-0.15, -0.1) is 0 Å². The number of aromatic nitrogens is 2. The molecule has 0 aromatic carbocycles. The Labute approximate surface area is 115 Å². The number of nitrogens with one attached hydrogen (secondary N) is 1. The monoisotopic (exact) mass is 264 g/mol. The first-order chi connectivity index (χ1) is 9.04. The van der Waals surface area contributed by atoms with E-state index < -0.39 is 0 Å². The van der Waals surface area contributed by atoms with Crippen molar-refractivity contribution in [2.45, 2.75) is 40.2 Å². The second kappa shape index (κ2) is 5.74. The fourth-order valence-corrected chi connectivity index (χ4v) is 2.65. The predicted molar refractivity (Wildman–Crippen MR) is 75.3 cm³/mol. The van der Waals surface area contributed by atoms with E-state index >= 15 is 0 Å². The smallest absolute Gasteiger partial charge is 0.257 e. The summed E-state index contributed by atoms with van der Waals surface area (Å²) < 4.78 is 0. The molecule has 1 amide bonds. The largest absolute Gasteiger partial charge is 0.336 e. The summed E-state index contributed by atoms with van der Waals surface area (Å²) in [4.78, 5) is 16.9. The van der Waals surface area contributed by atoms with E-state index in [-0.39, 0.29) is 5.91 Å². The molecule has 1 aliphatic rings. The van der Waals surface area contributed by atoms with E-state index in [1.807, 2.05) is 18.7 Å². The second-order valence-electron chi connectivity index (χ2n) is 5.39. The lowest BCUT2D eigenvalue weighted by atomic mass is 10.1. The van der Waals surface area contributed by atoms with Gasteiger partial charge in [0.05, 0.1) is 11.3 Å². The summed E-state index contributed by atoms with van der Waals surface area (Å²) in [6.45, 7) is 11.8.